The van der Waals surface area contributed by atoms with Crippen molar-refractivity contribution in [1.29, 1.82) is 0 Å². The molecule has 0 fully saturated rings. The van der Waals surface area contributed by atoms with E-state index in [1.807, 2.05) is 0 Å². The van der Waals surface area contributed by atoms with Gasteiger partial charge in [0.1, 0.15) is 22.7 Å². The van der Waals surface area contributed by atoms with Gasteiger partial charge in [-0.15, -0.1) is 11.3 Å². The summed E-state index contributed by atoms with van der Waals surface area (Å²) >= 11 is 7.58. The number of hydrogen-bond acceptors (Lipinski definition) is 6. The summed E-state index contributed by atoms with van der Waals surface area (Å²) in [6.45, 7) is 3.30. The second-order valence-corrected chi connectivity index (χ2v) is 7.11. The normalized spacial score (nSPS) is 11.1. The molecule has 1 amide bonds. The highest BCUT2D eigenvalue weighted by Gasteiger charge is 2.24. The Hall–Kier alpha value is -2.97. The molecule has 0 atom stereocenters. The van der Waals surface area contributed by atoms with Gasteiger partial charge in [0.2, 0.25) is 0 Å². The van der Waals surface area contributed by atoms with E-state index in [4.69, 9.17) is 16.1 Å². The van der Waals surface area contributed by atoms with Gasteiger partial charge < -0.3 is 9.84 Å². The lowest BCUT2D eigenvalue weighted by Crippen LogP contribution is -2.24. The predicted octanol–water partition coefficient (Wildman–Crippen LogP) is 3.93. The smallest absolute Gasteiger partial charge is 0.282 e. The van der Waals surface area contributed by atoms with E-state index >= 15 is 0 Å². The van der Waals surface area contributed by atoms with Crippen LogP contribution in [0.3, 0.4) is 0 Å². The van der Waals surface area contributed by atoms with Crippen LogP contribution in [0.15, 0.2) is 45.2 Å². The molecule has 27 heavy (non-hydrogen) atoms. The monoisotopic (exact) mass is 400 g/mol. The van der Waals surface area contributed by atoms with E-state index in [0.717, 1.165) is 0 Å². The van der Waals surface area contributed by atoms with E-state index in [1.54, 1.807) is 49.7 Å². The van der Waals surface area contributed by atoms with Gasteiger partial charge in [0.15, 0.2) is 4.96 Å². The number of hydrogen-bond donors (Lipinski definition) is 1. The van der Waals surface area contributed by atoms with Gasteiger partial charge in [0.25, 0.3) is 11.5 Å². The Labute approximate surface area is 162 Å². The van der Waals surface area contributed by atoms with Crippen LogP contribution in [0.25, 0.3) is 16.2 Å². The number of carbonyl (C=O) groups is 1. The first-order chi connectivity index (χ1) is 13.0. The number of halogens is 1. The number of thiazole rings is 1. The number of aryl methyl sites for hydroxylation is 2. The van der Waals surface area contributed by atoms with Crippen LogP contribution >= 0.6 is 22.9 Å². The van der Waals surface area contributed by atoms with E-state index in [1.165, 1.54) is 15.7 Å². The van der Waals surface area contributed by atoms with Crippen molar-refractivity contribution in [3.05, 3.63) is 68.2 Å². The lowest BCUT2D eigenvalue weighted by molar-refractivity contribution is 0.102. The van der Waals surface area contributed by atoms with Gasteiger partial charge >= 0.3 is 0 Å². The molecule has 9 heteroatoms. The van der Waals surface area contributed by atoms with Crippen LogP contribution in [-0.2, 0) is 0 Å². The first-order valence-corrected chi connectivity index (χ1v) is 9.22. The van der Waals surface area contributed by atoms with Crippen LogP contribution in [0.1, 0.15) is 21.8 Å². The minimum Gasteiger partial charge on any atom is -0.360 e. The van der Waals surface area contributed by atoms with Gasteiger partial charge in [-0.3, -0.25) is 14.0 Å². The van der Waals surface area contributed by atoms with Crippen LogP contribution in [0.5, 0.6) is 0 Å². The van der Waals surface area contributed by atoms with Crippen molar-refractivity contribution in [1.82, 2.24) is 14.5 Å². The molecule has 1 N–H and O–H groups in total. The van der Waals surface area contributed by atoms with Gasteiger partial charge in [-0.1, -0.05) is 35.0 Å². The fourth-order valence-corrected chi connectivity index (χ4v) is 3.76. The van der Waals surface area contributed by atoms with Gasteiger partial charge in [-0.25, -0.2) is 4.98 Å². The molecule has 0 aliphatic carbocycles. The number of benzene rings is 1. The highest BCUT2D eigenvalue weighted by molar-refractivity contribution is 7.15. The summed E-state index contributed by atoms with van der Waals surface area (Å²) < 4.78 is 6.61. The largest absolute Gasteiger partial charge is 0.360 e. The van der Waals surface area contributed by atoms with Crippen molar-refractivity contribution in [2.45, 2.75) is 13.8 Å². The molecule has 3 heterocycles. The summed E-state index contributed by atoms with van der Waals surface area (Å²) in [5, 5.41) is 8.84. The molecule has 136 valence electrons. The molecule has 0 saturated carbocycles. The van der Waals surface area contributed by atoms with Crippen molar-refractivity contribution < 1.29 is 9.32 Å². The summed E-state index contributed by atoms with van der Waals surface area (Å²) in [5.74, 6) is -0.189. The number of nitrogens with one attached hydrogen (secondary N) is 1. The zero-order chi connectivity index (χ0) is 19.1. The second kappa shape index (κ2) is 6.64. The topological polar surface area (TPSA) is 89.5 Å². The molecule has 7 nitrogen and oxygen atoms in total. The number of anilines is 1. The summed E-state index contributed by atoms with van der Waals surface area (Å²) in [5.41, 5.74) is 1.31. The summed E-state index contributed by atoms with van der Waals surface area (Å²) in [7, 11) is 0. The van der Waals surface area contributed by atoms with Gasteiger partial charge in [-0.2, -0.15) is 0 Å². The molecule has 1 aromatic carbocycles. The second-order valence-electron chi connectivity index (χ2n) is 5.83. The van der Waals surface area contributed by atoms with Crippen LogP contribution in [0, 0.1) is 13.8 Å². The summed E-state index contributed by atoms with van der Waals surface area (Å²) in [6.07, 6.45) is 1.62. The Balaban J connectivity index is 1.79. The van der Waals surface area contributed by atoms with E-state index in [0.29, 0.717) is 32.7 Å². The van der Waals surface area contributed by atoms with Crippen molar-refractivity contribution >= 4 is 39.5 Å². The number of aromatic nitrogens is 3. The van der Waals surface area contributed by atoms with Crippen LogP contribution in [-0.4, -0.2) is 20.4 Å². The Bertz CT molecular complexity index is 1240. The molecule has 0 aliphatic rings. The third-order valence-electron chi connectivity index (χ3n) is 4.10. The van der Waals surface area contributed by atoms with Gasteiger partial charge in [-0.05, 0) is 19.9 Å². The van der Waals surface area contributed by atoms with E-state index in [-0.39, 0.29) is 16.8 Å². The number of amides is 1. The Morgan fingerprint density at radius 1 is 1.30 bits per heavy atom. The zero-order valence-electron chi connectivity index (χ0n) is 14.3. The van der Waals surface area contributed by atoms with E-state index in [9.17, 15) is 9.59 Å². The molecule has 0 aliphatic heterocycles. The fourth-order valence-electron chi connectivity index (χ4n) is 2.78. The maximum atomic E-state index is 13.0. The minimum atomic E-state index is -0.513. The zero-order valence-corrected chi connectivity index (χ0v) is 15.9. The van der Waals surface area contributed by atoms with E-state index in [2.05, 4.69) is 15.5 Å². The quantitative estimate of drug-likeness (QED) is 0.562. The summed E-state index contributed by atoms with van der Waals surface area (Å²) in [4.78, 5) is 30.5. The number of fused-ring (bicyclic) bond motifs is 1. The number of carbonyl (C=O) groups excluding carboxylic acids is 1. The third-order valence-corrected chi connectivity index (χ3v) is 5.19. The predicted molar refractivity (Wildman–Crippen MR) is 104 cm³/mol. The molecular formula is C18H13ClN4O3S. The molecular weight excluding hydrogens is 388 g/mol. The Morgan fingerprint density at radius 2 is 2.07 bits per heavy atom. The van der Waals surface area contributed by atoms with Gasteiger partial charge in [0, 0.05) is 17.1 Å². The van der Waals surface area contributed by atoms with Crippen molar-refractivity contribution in [2.24, 2.45) is 0 Å². The molecule has 0 bridgehead atoms. The van der Waals surface area contributed by atoms with Crippen LogP contribution in [0.2, 0.25) is 5.02 Å². The van der Waals surface area contributed by atoms with Crippen LogP contribution in [0.4, 0.5) is 5.69 Å². The number of nitrogens with zero attached hydrogens (tertiary/aromatic N) is 3. The molecule has 4 aromatic rings. The SMILES string of the molecule is Cc1nc2sccn2c(=O)c1NC(=O)c1c(-c2ccccc2Cl)noc1C. The molecule has 0 spiro atoms. The molecule has 0 radical (unpaired) electrons. The fraction of sp³-hybridized carbons (Fsp3) is 0.111. The standard InChI is InChI=1S/C18H13ClN4O3S/c1-9-14(17(25)23-7-8-27-18(23)20-9)21-16(24)13-10(2)26-22-15(13)11-5-3-4-6-12(11)19/h3-8H,1-2H3,(H,21,24). The highest BCUT2D eigenvalue weighted by Crippen LogP contribution is 2.31. The minimum absolute atomic E-state index is 0.113. The molecule has 0 saturated heterocycles. The average molecular weight is 401 g/mol. The van der Waals surface area contributed by atoms with Crippen molar-refractivity contribution in [3.63, 3.8) is 0 Å². The van der Waals surface area contributed by atoms with Crippen molar-refractivity contribution in [2.75, 3.05) is 5.32 Å². The Morgan fingerprint density at radius 3 is 2.85 bits per heavy atom. The van der Waals surface area contributed by atoms with E-state index < -0.39 is 5.91 Å². The first-order valence-electron chi connectivity index (χ1n) is 7.96. The Kier molecular flexibility index (Phi) is 4.29. The maximum absolute atomic E-state index is 13.0. The van der Waals surface area contributed by atoms with Crippen LogP contribution < -0.4 is 10.9 Å². The lowest BCUT2D eigenvalue weighted by atomic mass is 10.1. The lowest BCUT2D eigenvalue weighted by Gasteiger charge is -2.08. The third kappa shape index (κ3) is 2.92. The number of rotatable bonds is 3. The summed E-state index contributed by atoms with van der Waals surface area (Å²) in [6, 6.07) is 7.02. The average Bonchev–Trinajstić information content (AvgIpc) is 3.25. The highest BCUT2D eigenvalue weighted by atomic mass is 35.5. The molecule has 3 aromatic heterocycles. The molecule has 4 rings (SSSR count). The van der Waals surface area contributed by atoms with Crippen molar-refractivity contribution in [3.8, 4) is 11.3 Å². The first kappa shape index (κ1) is 17.4. The maximum Gasteiger partial charge on any atom is 0.282 e. The van der Waals surface area contributed by atoms with Gasteiger partial charge in [0.05, 0.1) is 10.7 Å². The molecule has 0 unspecified atom stereocenters.